The highest BCUT2D eigenvalue weighted by atomic mass is 19.1. The molecule has 0 N–H and O–H groups in total. The van der Waals surface area contributed by atoms with Crippen molar-refractivity contribution in [3.8, 4) is 23.0 Å². The number of hydrogen-bond acceptors (Lipinski definition) is 6. The lowest BCUT2D eigenvalue weighted by atomic mass is 9.98. The molecule has 3 aromatic rings. The Kier molecular flexibility index (Phi) is 6.17. The van der Waals surface area contributed by atoms with Gasteiger partial charge in [-0.25, -0.2) is 4.39 Å². The molecular formula is C28H26FNO5. The van der Waals surface area contributed by atoms with Crippen molar-refractivity contribution in [3.63, 3.8) is 0 Å². The maximum atomic E-state index is 13.3. The van der Waals surface area contributed by atoms with Crippen LogP contribution in [0.15, 0.2) is 54.3 Å². The summed E-state index contributed by atoms with van der Waals surface area (Å²) in [5.74, 6) is 2.36. The third-order valence-corrected chi connectivity index (χ3v) is 6.34. The Hall–Kier alpha value is -3.84. The zero-order valence-corrected chi connectivity index (χ0v) is 19.9. The number of rotatable bonds is 6. The van der Waals surface area contributed by atoms with Crippen molar-refractivity contribution in [3.05, 3.63) is 87.9 Å². The fourth-order valence-electron chi connectivity index (χ4n) is 4.44. The second kappa shape index (κ2) is 9.43. The Morgan fingerprint density at radius 3 is 2.63 bits per heavy atom. The van der Waals surface area contributed by atoms with E-state index in [9.17, 15) is 9.18 Å². The number of halogens is 1. The summed E-state index contributed by atoms with van der Waals surface area (Å²) >= 11 is 0. The van der Waals surface area contributed by atoms with Gasteiger partial charge in [0.25, 0.3) is 0 Å². The van der Waals surface area contributed by atoms with E-state index in [1.54, 1.807) is 44.6 Å². The normalized spacial score (nSPS) is 15.9. The van der Waals surface area contributed by atoms with Crippen LogP contribution in [0.5, 0.6) is 23.0 Å². The number of Topliss-reactive ketones (excluding diaryl/α,β-unsaturated/α-hetero) is 1. The van der Waals surface area contributed by atoms with Crippen LogP contribution in [-0.2, 0) is 13.0 Å². The van der Waals surface area contributed by atoms with E-state index in [1.807, 2.05) is 19.1 Å². The number of benzene rings is 3. The summed E-state index contributed by atoms with van der Waals surface area (Å²) in [7, 11) is 3.16. The van der Waals surface area contributed by atoms with Gasteiger partial charge in [0.1, 0.15) is 35.5 Å². The number of fused-ring (bicyclic) bond motifs is 3. The van der Waals surface area contributed by atoms with E-state index in [1.165, 1.54) is 12.1 Å². The first-order valence-electron chi connectivity index (χ1n) is 11.4. The van der Waals surface area contributed by atoms with Gasteiger partial charge in [-0.15, -0.1) is 0 Å². The van der Waals surface area contributed by atoms with E-state index in [4.69, 9.17) is 18.9 Å². The fourth-order valence-corrected chi connectivity index (χ4v) is 4.44. The van der Waals surface area contributed by atoms with Crippen LogP contribution in [0.25, 0.3) is 6.08 Å². The van der Waals surface area contributed by atoms with Crippen LogP contribution in [0.3, 0.4) is 0 Å². The number of nitrogens with zero attached hydrogens (tertiary/aromatic N) is 1. The predicted octanol–water partition coefficient (Wildman–Crippen LogP) is 5.16. The van der Waals surface area contributed by atoms with Gasteiger partial charge < -0.3 is 18.9 Å². The summed E-state index contributed by atoms with van der Waals surface area (Å²) in [6.45, 7) is 3.65. The molecule has 0 unspecified atom stereocenters. The van der Waals surface area contributed by atoms with E-state index in [-0.39, 0.29) is 17.4 Å². The van der Waals surface area contributed by atoms with Gasteiger partial charge in [-0.05, 0) is 60.9 Å². The Morgan fingerprint density at radius 2 is 1.89 bits per heavy atom. The topological polar surface area (TPSA) is 57.2 Å². The van der Waals surface area contributed by atoms with Crippen molar-refractivity contribution in [2.75, 3.05) is 27.5 Å². The minimum atomic E-state index is -0.243. The van der Waals surface area contributed by atoms with E-state index in [2.05, 4.69) is 4.90 Å². The molecule has 0 spiro atoms. The summed E-state index contributed by atoms with van der Waals surface area (Å²) in [6, 6.07) is 13.8. The van der Waals surface area contributed by atoms with Gasteiger partial charge in [0.2, 0.25) is 5.78 Å². The molecule has 0 atom stereocenters. The number of carbonyl (C=O) groups is 1. The lowest BCUT2D eigenvalue weighted by molar-refractivity contribution is 0.0949. The highest BCUT2D eigenvalue weighted by molar-refractivity contribution is 6.16. The van der Waals surface area contributed by atoms with Gasteiger partial charge >= 0.3 is 0 Å². The number of carbonyl (C=O) groups excluding carboxylic acids is 1. The fraction of sp³-hybridized carbons (Fsp3) is 0.250. The van der Waals surface area contributed by atoms with Crippen LogP contribution in [0.1, 0.15) is 32.6 Å². The Bertz CT molecular complexity index is 1320. The molecule has 0 saturated heterocycles. The zero-order chi connectivity index (χ0) is 24.5. The molecule has 180 valence electrons. The number of aryl methyl sites for hydroxylation is 1. The quantitative estimate of drug-likeness (QED) is 0.459. The van der Waals surface area contributed by atoms with Crippen LogP contribution < -0.4 is 18.9 Å². The molecule has 7 heteroatoms. The van der Waals surface area contributed by atoms with Gasteiger partial charge in [0.05, 0.1) is 25.3 Å². The van der Waals surface area contributed by atoms with Crippen molar-refractivity contribution < 1.29 is 28.1 Å². The number of ketones is 1. The highest BCUT2D eigenvalue weighted by Gasteiger charge is 2.35. The molecule has 35 heavy (non-hydrogen) atoms. The van der Waals surface area contributed by atoms with Gasteiger partial charge in [-0.3, -0.25) is 9.69 Å². The largest absolute Gasteiger partial charge is 0.497 e. The molecule has 3 aromatic carbocycles. The maximum absolute atomic E-state index is 13.3. The van der Waals surface area contributed by atoms with Crippen LogP contribution in [0.4, 0.5) is 4.39 Å². The van der Waals surface area contributed by atoms with Crippen LogP contribution >= 0.6 is 0 Å². The monoisotopic (exact) mass is 475 g/mol. The van der Waals surface area contributed by atoms with Gasteiger partial charge in [-0.2, -0.15) is 0 Å². The number of allylic oxidation sites excluding steroid dienone is 1. The Labute approximate surface area is 203 Å². The van der Waals surface area contributed by atoms with Crippen molar-refractivity contribution in [2.24, 2.45) is 0 Å². The van der Waals surface area contributed by atoms with Gasteiger partial charge in [-0.1, -0.05) is 12.1 Å². The van der Waals surface area contributed by atoms with Crippen molar-refractivity contribution in [2.45, 2.75) is 19.9 Å². The summed E-state index contributed by atoms with van der Waals surface area (Å²) in [6.07, 6.45) is 2.46. The van der Waals surface area contributed by atoms with Crippen molar-refractivity contribution in [1.82, 2.24) is 4.90 Å². The third-order valence-electron chi connectivity index (χ3n) is 6.34. The molecule has 0 aromatic heterocycles. The number of ether oxygens (including phenoxy) is 4. The highest BCUT2D eigenvalue weighted by Crippen LogP contribution is 2.44. The van der Waals surface area contributed by atoms with Crippen molar-refractivity contribution >= 4 is 11.9 Å². The molecule has 0 fully saturated rings. The Balaban J connectivity index is 1.40. The second-order valence-electron chi connectivity index (χ2n) is 8.62. The first-order valence-corrected chi connectivity index (χ1v) is 11.4. The molecule has 6 nitrogen and oxygen atoms in total. The SMILES string of the molecule is COc1ccc(/C=C2/Oc3c4c(cc(C)c3C2=O)OCN(CCc2ccc(F)cc2)C4)c(OC)c1. The van der Waals surface area contributed by atoms with Crippen LogP contribution in [0, 0.1) is 12.7 Å². The lowest BCUT2D eigenvalue weighted by Gasteiger charge is -2.30. The lowest BCUT2D eigenvalue weighted by Crippen LogP contribution is -2.33. The second-order valence-corrected chi connectivity index (χ2v) is 8.62. The third kappa shape index (κ3) is 4.47. The minimum Gasteiger partial charge on any atom is -0.497 e. The summed E-state index contributed by atoms with van der Waals surface area (Å²) in [5, 5.41) is 0. The first-order chi connectivity index (χ1) is 17.0. The first kappa shape index (κ1) is 22.9. The molecule has 0 saturated carbocycles. The van der Waals surface area contributed by atoms with Gasteiger partial charge in [0.15, 0.2) is 5.76 Å². The average molecular weight is 476 g/mol. The van der Waals surface area contributed by atoms with E-state index < -0.39 is 0 Å². The van der Waals surface area contributed by atoms with Gasteiger partial charge in [0, 0.05) is 24.7 Å². The smallest absolute Gasteiger partial charge is 0.232 e. The standard InChI is InChI=1S/C28H26FNO5/c1-17-12-24-22(15-30(16-34-24)11-10-18-4-7-20(29)8-5-18)28-26(17)27(31)25(35-28)13-19-6-9-21(32-2)14-23(19)33-3/h4-9,12-14H,10-11,15-16H2,1-3H3/b25-13+. The molecular weight excluding hydrogens is 449 g/mol. The molecule has 2 heterocycles. The number of hydrogen-bond donors (Lipinski definition) is 0. The van der Waals surface area contributed by atoms with E-state index >= 15 is 0 Å². The summed E-state index contributed by atoms with van der Waals surface area (Å²) < 4.78 is 36.1. The minimum absolute atomic E-state index is 0.165. The Morgan fingerprint density at radius 1 is 1.09 bits per heavy atom. The molecule has 5 rings (SSSR count). The molecule has 0 radical (unpaired) electrons. The van der Waals surface area contributed by atoms with E-state index in [0.717, 1.165) is 35.4 Å². The summed E-state index contributed by atoms with van der Waals surface area (Å²) in [5.41, 5.74) is 4.00. The van der Waals surface area contributed by atoms with E-state index in [0.29, 0.717) is 41.7 Å². The van der Waals surface area contributed by atoms with Crippen molar-refractivity contribution in [1.29, 1.82) is 0 Å². The molecule has 0 bridgehead atoms. The molecule has 2 aliphatic rings. The summed E-state index contributed by atoms with van der Waals surface area (Å²) in [4.78, 5) is 15.4. The van der Waals surface area contributed by atoms with Crippen LogP contribution in [0.2, 0.25) is 0 Å². The maximum Gasteiger partial charge on any atom is 0.232 e. The zero-order valence-electron chi connectivity index (χ0n) is 19.9. The molecule has 0 aliphatic carbocycles. The number of methoxy groups -OCH3 is 2. The molecule has 2 aliphatic heterocycles. The average Bonchev–Trinajstić information content (AvgIpc) is 3.20. The molecule has 0 amide bonds. The predicted molar refractivity (Wildman–Crippen MR) is 130 cm³/mol. The van der Waals surface area contributed by atoms with Crippen LogP contribution in [-0.4, -0.2) is 38.2 Å².